The van der Waals surface area contributed by atoms with Crippen LogP contribution in [0.1, 0.15) is 32.6 Å². The summed E-state index contributed by atoms with van der Waals surface area (Å²) in [6.07, 6.45) is 1.62. The van der Waals surface area contributed by atoms with Crippen molar-refractivity contribution in [1.29, 1.82) is 0 Å². The summed E-state index contributed by atoms with van der Waals surface area (Å²) in [6, 6.07) is 18.3. The van der Waals surface area contributed by atoms with Crippen LogP contribution in [0.25, 0.3) is 6.08 Å². The first-order valence-corrected chi connectivity index (χ1v) is 11.3. The second-order valence-electron chi connectivity index (χ2n) is 7.22. The van der Waals surface area contributed by atoms with Gasteiger partial charge in [0.2, 0.25) is 5.90 Å². The number of aryl methyl sites for hydroxylation is 2. The van der Waals surface area contributed by atoms with Gasteiger partial charge in [0.05, 0.1) is 14.5 Å². The zero-order chi connectivity index (χ0) is 22.8. The summed E-state index contributed by atoms with van der Waals surface area (Å²) in [4.78, 5) is 29.2. The first-order chi connectivity index (χ1) is 15.3. The van der Waals surface area contributed by atoms with E-state index in [1.54, 1.807) is 30.3 Å². The maximum absolute atomic E-state index is 12.6. The molecule has 0 aliphatic carbocycles. The minimum Gasteiger partial charge on any atom is -0.420 e. The van der Waals surface area contributed by atoms with Crippen LogP contribution in [0, 0.1) is 13.8 Å². The zero-order valence-corrected chi connectivity index (χ0v) is 20.4. The Balaban J connectivity index is 1.60. The molecule has 5 nitrogen and oxygen atoms in total. The molecule has 0 amide bonds. The Hall–Kier alpha value is -3.03. The third-order valence-corrected chi connectivity index (χ3v) is 5.98. The number of aliphatic imine (C=N–C) groups is 1. The smallest absolute Gasteiger partial charge is 0.363 e. The van der Waals surface area contributed by atoms with Crippen LogP contribution in [0.5, 0.6) is 5.75 Å². The van der Waals surface area contributed by atoms with Gasteiger partial charge in [0.25, 0.3) is 0 Å². The largest absolute Gasteiger partial charge is 0.420 e. The highest BCUT2D eigenvalue weighted by atomic mass is 79.9. The lowest BCUT2D eigenvalue weighted by molar-refractivity contribution is -0.129. The number of hydrogen-bond donors (Lipinski definition) is 0. The predicted octanol–water partition coefficient (Wildman–Crippen LogP) is 6.39. The predicted molar refractivity (Wildman–Crippen MR) is 130 cm³/mol. The van der Waals surface area contributed by atoms with Crippen molar-refractivity contribution in [3.63, 3.8) is 0 Å². The number of rotatable bonds is 4. The molecule has 0 saturated carbocycles. The number of nitrogens with zero attached hydrogens (tertiary/aromatic N) is 1. The third-order valence-electron chi connectivity index (χ3n) is 4.80. The van der Waals surface area contributed by atoms with Gasteiger partial charge in [-0.05, 0) is 93.2 Å². The van der Waals surface area contributed by atoms with E-state index in [9.17, 15) is 9.59 Å². The normalized spacial score (nSPS) is 14.3. The number of carbonyl (C=O) groups excluding carboxylic acids is 2. The highest BCUT2D eigenvalue weighted by Crippen LogP contribution is 2.36. The van der Waals surface area contributed by atoms with Gasteiger partial charge in [-0.3, -0.25) is 0 Å². The molecular weight excluding hydrogens is 538 g/mol. The van der Waals surface area contributed by atoms with Crippen molar-refractivity contribution >= 4 is 55.8 Å². The van der Waals surface area contributed by atoms with Crippen LogP contribution in [0.2, 0.25) is 0 Å². The maximum Gasteiger partial charge on any atom is 0.363 e. The average Bonchev–Trinajstić information content (AvgIpc) is 3.11. The summed E-state index contributed by atoms with van der Waals surface area (Å²) in [5.41, 5.74) is 4.02. The molecule has 0 aromatic heterocycles. The van der Waals surface area contributed by atoms with E-state index < -0.39 is 11.9 Å². The van der Waals surface area contributed by atoms with Gasteiger partial charge in [-0.25, -0.2) is 14.6 Å². The molecule has 0 spiro atoms. The summed E-state index contributed by atoms with van der Waals surface area (Å²) in [7, 11) is 0. The van der Waals surface area contributed by atoms with E-state index in [0.717, 1.165) is 16.7 Å². The topological polar surface area (TPSA) is 65.0 Å². The Morgan fingerprint density at radius 1 is 1.00 bits per heavy atom. The summed E-state index contributed by atoms with van der Waals surface area (Å²) in [5, 5.41) is 0. The number of benzene rings is 3. The number of esters is 2. The van der Waals surface area contributed by atoms with E-state index in [0.29, 0.717) is 25.8 Å². The molecule has 32 heavy (non-hydrogen) atoms. The lowest BCUT2D eigenvalue weighted by Gasteiger charge is -2.11. The van der Waals surface area contributed by atoms with Gasteiger partial charge in [0.15, 0.2) is 11.4 Å². The van der Waals surface area contributed by atoms with Gasteiger partial charge in [-0.15, -0.1) is 0 Å². The molecule has 0 atom stereocenters. The fraction of sp³-hybridized carbons (Fsp3) is 0.0800. The SMILES string of the molecule is Cc1ccc(C2=N/C(=C\c3cc(Br)c(OC(=O)c4ccccc4C)c(Br)c3)C(=O)O2)cc1. The molecule has 7 heteroatoms. The Morgan fingerprint density at radius 3 is 2.31 bits per heavy atom. The van der Waals surface area contributed by atoms with Crippen LogP contribution in [0.4, 0.5) is 0 Å². The first kappa shape index (κ1) is 22.2. The second-order valence-corrected chi connectivity index (χ2v) is 8.93. The molecular formula is C25H17Br2NO4. The number of ether oxygens (including phenoxy) is 2. The molecule has 4 rings (SSSR count). The van der Waals surface area contributed by atoms with Crippen molar-refractivity contribution in [2.24, 2.45) is 4.99 Å². The molecule has 0 saturated heterocycles. The van der Waals surface area contributed by atoms with Crippen molar-refractivity contribution in [2.45, 2.75) is 13.8 Å². The minimum atomic E-state index is -0.525. The quantitative estimate of drug-likeness (QED) is 0.213. The van der Waals surface area contributed by atoms with Crippen molar-refractivity contribution in [1.82, 2.24) is 0 Å². The third kappa shape index (κ3) is 4.74. The molecule has 1 aliphatic heterocycles. The minimum absolute atomic E-state index is 0.184. The average molecular weight is 555 g/mol. The Labute approximate surface area is 202 Å². The molecule has 160 valence electrons. The van der Waals surface area contributed by atoms with E-state index in [1.807, 2.05) is 50.2 Å². The van der Waals surface area contributed by atoms with Crippen molar-refractivity contribution < 1.29 is 19.1 Å². The molecule has 0 radical (unpaired) electrons. The van der Waals surface area contributed by atoms with E-state index in [1.165, 1.54) is 0 Å². The standard InChI is InChI=1S/C25H17Br2NO4/c1-14-7-9-17(10-8-14)23-28-21(25(30)32-23)13-16-11-19(26)22(20(27)12-16)31-24(29)18-6-4-3-5-15(18)2/h3-13H,1-2H3/b21-13-. The fourth-order valence-corrected chi connectivity index (χ4v) is 4.48. The van der Waals surface area contributed by atoms with Crippen LogP contribution in [-0.4, -0.2) is 17.8 Å². The van der Waals surface area contributed by atoms with Gasteiger partial charge in [0.1, 0.15) is 0 Å². The lowest BCUT2D eigenvalue weighted by atomic mass is 10.1. The van der Waals surface area contributed by atoms with Crippen molar-refractivity contribution in [2.75, 3.05) is 0 Å². The Morgan fingerprint density at radius 2 is 1.66 bits per heavy atom. The summed E-state index contributed by atoms with van der Waals surface area (Å²) >= 11 is 6.90. The van der Waals surface area contributed by atoms with Crippen LogP contribution in [-0.2, 0) is 9.53 Å². The number of carbonyl (C=O) groups is 2. The van der Waals surface area contributed by atoms with Crippen molar-refractivity contribution in [3.05, 3.63) is 103 Å². The molecule has 1 heterocycles. The molecule has 0 N–H and O–H groups in total. The molecule has 3 aromatic rings. The highest BCUT2D eigenvalue weighted by molar-refractivity contribution is 9.11. The Bertz CT molecular complexity index is 1270. The van der Waals surface area contributed by atoms with E-state index in [4.69, 9.17) is 9.47 Å². The Kier molecular flexibility index (Phi) is 6.39. The second kappa shape index (κ2) is 9.22. The highest BCUT2D eigenvalue weighted by Gasteiger charge is 2.24. The molecule has 1 aliphatic rings. The summed E-state index contributed by atoms with van der Waals surface area (Å²) in [5.74, 6) is -0.369. The fourth-order valence-electron chi connectivity index (χ4n) is 3.10. The molecule has 0 bridgehead atoms. The molecule has 0 fully saturated rings. The van der Waals surface area contributed by atoms with Crippen LogP contribution >= 0.6 is 31.9 Å². The van der Waals surface area contributed by atoms with E-state index in [2.05, 4.69) is 36.9 Å². The van der Waals surface area contributed by atoms with Gasteiger partial charge in [0, 0.05) is 5.56 Å². The van der Waals surface area contributed by atoms with Gasteiger partial charge in [-0.1, -0.05) is 35.9 Å². The molecule has 0 unspecified atom stereocenters. The number of halogens is 2. The van der Waals surface area contributed by atoms with E-state index >= 15 is 0 Å². The van der Waals surface area contributed by atoms with Crippen LogP contribution < -0.4 is 4.74 Å². The summed E-state index contributed by atoms with van der Waals surface area (Å²) < 4.78 is 12.0. The van der Waals surface area contributed by atoms with Gasteiger partial charge in [-0.2, -0.15) is 0 Å². The van der Waals surface area contributed by atoms with Crippen LogP contribution in [0.3, 0.4) is 0 Å². The molecule has 3 aromatic carbocycles. The first-order valence-electron chi connectivity index (χ1n) is 9.68. The van der Waals surface area contributed by atoms with E-state index in [-0.39, 0.29) is 11.6 Å². The monoisotopic (exact) mass is 553 g/mol. The number of cyclic esters (lactones) is 1. The zero-order valence-electron chi connectivity index (χ0n) is 17.2. The van der Waals surface area contributed by atoms with Gasteiger partial charge < -0.3 is 9.47 Å². The maximum atomic E-state index is 12.6. The lowest BCUT2D eigenvalue weighted by Crippen LogP contribution is -2.11. The van der Waals surface area contributed by atoms with Crippen LogP contribution in [0.15, 0.2) is 80.3 Å². The summed E-state index contributed by atoms with van der Waals surface area (Å²) in [6.45, 7) is 3.83. The van der Waals surface area contributed by atoms with Gasteiger partial charge >= 0.3 is 11.9 Å². The number of hydrogen-bond acceptors (Lipinski definition) is 5. The van der Waals surface area contributed by atoms with Crippen molar-refractivity contribution in [3.8, 4) is 5.75 Å².